The van der Waals surface area contributed by atoms with Gasteiger partial charge in [-0.2, -0.15) is 0 Å². The molecule has 1 aromatic carbocycles. The zero-order chi connectivity index (χ0) is 13.3. The van der Waals surface area contributed by atoms with Crippen molar-refractivity contribution in [2.45, 2.75) is 32.3 Å². The van der Waals surface area contributed by atoms with E-state index in [1.807, 2.05) is 0 Å². The second-order valence-corrected chi connectivity index (χ2v) is 5.13. The van der Waals surface area contributed by atoms with Crippen LogP contribution in [0.1, 0.15) is 36.5 Å². The SMILES string of the molecule is CC1CCC(Oc2cc(F)c(C(=O)O)cc2Cl)C1. The van der Waals surface area contributed by atoms with Crippen LogP contribution in [0.2, 0.25) is 5.02 Å². The van der Waals surface area contributed by atoms with Gasteiger partial charge in [0.05, 0.1) is 16.7 Å². The largest absolute Gasteiger partial charge is 0.489 e. The van der Waals surface area contributed by atoms with Gasteiger partial charge in [0.1, 0.15) is 11.6 Å². The lowest BCUT2D eigenvalue weighted by Crippen LogP contribution is -2.13. The van der Waals surface area contributed by atoms with Crippen LogP contribution in [0.4, 0.5) is 4.39 Å². The smallest absolute Gasteiger partial charge is 0.338 e. The second kappa shape index (κ2) is 5.14. The van der Waals surface area contributed by atoms with Gasteiger partial charge >= 0.3 is 5.97 Å². The predicted octanol–water partition coefficient (Wildman–Crippen LogP) is 3.74. The molecule has 5 heteroatoms. The van der Waals surface area contributed by atoms with Gasteiger partial charge in [-0.25, -0.2) is 9.18 Å². The van der Waals surface area contributed by atoms with Crippen molar-refractivity contribution in [3.05, 3.63) is 28.5 Å². The summed E-state index contributed by atoms with van der Waals surface area (Å²) in [6.45, 7) is 2.14. The fourth-order valence-electron chi connectivity index (χ4n) is 2.22. The Balaban J connectivity index is 2.19. The van der Waals surface area contributed by atoms with E-state index in [0.717, 1.165) is 31.4 Å². The van der Waals surface area contributed by atoms with E-state index in [0.29, 0.717) is 5.92 Å². The molecule has 0 heterocycles. The number of aromatic carboxylic acids is 1. The maximum Gasteiger partial charge on any atom is 0.338 e. The van der Waals surface area contributed by atoms with Crippen LogP contribution >= 0.6 is 11.6 Å². The molecule has 1 fully saturated rings. The first kappa shape index (κ1) is 13.1. The first-order chi connectivity index (χ1) is 8.47. The Morgan fingerprint density at radius 1 is 1.50 bits per heavy atom. The molecule has 0 radical (unpaired) electrons. The maximum absolute atomic E-state index is 13.5. The van der Waals surface area contributed by atoms with Crippen molar-refractivity contribution >= 4 is 17.6 Å². The molecule has 1 N–H and O–H groups in total. The van der Waals surface area contributed by atoms with E-state index >= 15 is 0 Å². The summed E-state index contributed by atoms with van der Waals surface area (Å²) in [5.41, 5.74) is -0.438. The first-order valence-corrected chi connectivity index (χ1v) is 6.24. The summed E-state index contributed by atoms with van der Waals surface area (Å²) in [4.78, 5) is 10.7. The molecule has 0 aromatic heterocycles. The summed E-state index contributed by atoms with van der Waals surface area (Å²) in [6, 6.07) is 2.14. The normalized spacial score (nSPS) is 23.1. The summed E-state index contributed by atoms with van der Waals surface area (Å²) >= 11 is 5.91. The van der Waals surface area contributed by atoms with E-state index in [9.17, 15) is 9.18 Å². The van der Waals surface area contributed by atoms with Crippen molar-refractivity contribution in [2.75, 3.05) is 0 Å². The van der Waals surface area contributed by atoms with Crippen molar-refractivity contribution in [3.8, 4) is 5.75 Å². The quantitative estimate of drug-likeness (QED) is 0.912. The molecule has 2 unspecified atom stereocenters. The van der Waals surface area contributed by atoms with E-state index in [4.69, 9.17) is 21.4 Å². The van der Waals surface area contributed by atoms with Crippen molar-refractivity contribution in [3.63, 3.8) is 0 Å². The van der Waals surface area contributed by atoms with Crippen LogP contribution in [0.25, 0.3) is 0 Å². The Morgan fingerprint density at radius 3 is 2.78 bits per heavy atom. The lowest BCUT2D eigenvalue weighted by atomic mass is 10.1. The number of benzene rings is 1. The molecular weight excluding hydrogens is 259 g/mol. The number of hydrogen-bond acceptors (Lipinski definition) is 2. The highest BCUT2D eigenvalue weighted by Crippen LogP contribution is 2.33. The van der Waals surface area contributed by atoms with Crippen molar-refractivity contribution in [2.24, 2.45) is 5.92 Å². The van der Waals surface area contributed by atoms with Crippen molar-refractivity contribution < 1.29 is 19.0 Å². The maximum atomic E-state index is 13.5. The zero-order valence-corrected chi connectivity index (χ0v) is 10.7. The number of hydrogen-bond donors (Lipinski definition) is 1. The summed E-state index contributed by atoms with van der Waals surface area (Å²) in [5.74, 6) is -1.35. The van der Waals surface area contributed by atoms with Gasteiger partial charge in [0.15, 0.2) is 0 Å². The standard InChI is InChI=1S/C13H14ClFO3/c1-7-2-3-8(4-7)18-12-6-11(15)9(13(16)17)5-10(12)14/h5-8H,2-4H2,1H3,(H,16,17). The number of ether oxygens (including phenoxy) is 1. The molecule has 1 aromatic rings. The van der Waals surface area contributed by atoms with Crippen LogP contribution in [0, 0.1) is 11.7 Å². The molecule has 2 rings (SSSR count). The summed E-state index contributed by atoms with van der Waals surface area (Å²) < 4.78 is 19.1. The van der Waals surface area contributed by atoms with Crippen LogP contribution in [-0.4, -0.2) is 17.2 Å². The van der Waals surface area contributed by atoms with Crippen LogP contribution < -0.4 is 4.74 Å². The summed E-state index contributed by atoms with van der Waals surface area (Å²) in [5, 5.41) is 8.89. The molecule has 2 atom stereocenters. The molecule has 0 spiro atoms. The fraction of sp³-hybridized carbons (Fsp3) is 0.462. The molecule has 0 aliphatic heterocycles. The highest BCUT2D eigenvalue weighted by Gasteiger charge is 2.24. The number of carboxylic acids is 1. The molecule has 0 bridgehead atoms. The van der Waals surface area contributed by atoms with Gasteiger partial charge in [-0.05, 0) is 31.2 Å². The topological polar surface area (TPSA) is 46.5 Å². The monoisotopic (exact) mass is 272 g/mol. The van der Waals surface area contributed by atoms with Gasteiger partial charge in [-0.1, -0.05) is 18.5 Å². The van der Waals surface area contributed by atoms with Crippen LogP contribution in [0.15, 0.2) is 12.1 Å². The Labute approximate surface area is 110 Å². The number of carboxylic acid groups (broad SMARTS) is 1. The number of rotatable bonds is 3. The van der Waals surface area contributed by atoms with Gasteiger partial charge in [0, 0.05) is 6.07 Å². The van der Waals surface area contributed by atoms with Gasteiger partial charge in [0.2, 0.25) is 0 Å². The zero-order valence-electron chi connectivity index (χ0n) is 9.95. The van der Waals surface area contributed by atoms with E-state index < -0.39 is 17.3 Å². The highest BCUT2D eigenvalue weighted by molar-refractivity contribution is 6.32. The minimum atomic E-state index is -1.34. The number of carbonyl (C=O) groups is 1. The average Bonchev–Trinajstić information content (AvgIpc) is 2.68. The second-order valence-electron chi connectivity index (χ2n) is 4.73. The van der Waals surface area contributed by atoms with Crippen LogP contribution in [0.3, 0.4) is 0 Å². The molecule has 1 saturated carbocycles. The molecule has 3 nitrogen and oxygen atoms in total. The van der Waals surface area contributed by atoms with E-state index in [1.165, 1.54) is 0 Å². The first-order valence-electron chi connectivity index (χ1n) is 5.86. The lowest BCUT2D eigenvalue weighted by molar-refractivity contribution is 0.0692. The van der Waals surface area contributed by atoms with E-state index in [2.05, 4.69) is 6.92 Å². The predicted molar refractivity (Wildman–Crippen MR) is 65.8 cm³/mol. The Morgan fingerprint density at radius 2 is 2.22 bits per heavy atom. The van der Waals surface area contributed by atoms with Gasteiger partial charge in [-0.3, -0.25) is 0 Å². The van der Waals surface area contributed by atoms with Crippen molar-refractivity contribution in [1.82, 2.24) is 0 Å². The molecular formula is C13H14ClFO3. The molecule has 0 amide bonds. The Bertz CT molecular complexity index is 476. The summed E-state index contributed by atoms with van der Waals surface area (Å²) in [7, 11) is 0. The number of halogens is 2. The van der Waals surface area contributed by atoms with Crippen LogP contribution in [-0.2, 0) is 0 Å². The molecule has 0 saturated heterocycles. The minimum absolute atomic E-state index is 0.0348. The third-order valence-corrected chi connectivity index (χ3v) is 3.49. The van der Waals surface area contributed by atoms with Gasteiger partial charge in [-0.15, -0.1) is 0 Å². The molecule has 1 aliphatic rings. The molecule has 18 heavy (non-hydrogen) atoms. The van der Waals surface area contributed by atoms with Gasteiger partial charge < -0.3 is 9.84 Å². The third-order valence-electron chi connectivity index (χ3n) is 3.19. The lowest BCUT2D eigenvalue weighted by Gasteiger charge is -2.15. The van der Waals surface area contributed by atoms with Crippen LogP contribution in [0.5, 0.6) is 5.75 Å². The molecule has 1 aliphatic carbocycles. The van der Waals surface area contributed by atoms with Gasteiger partial charge in [0.25, 0.3) is 0 Å². The van der Waals surface area contributed by atoms with E-state index in [1.54, 1.807) is 0 Å². The molecule has 98 valence electrons. The third kappa shape index (κ3) is 2.75. The average molecular weight is 273 g/mol. The summed E-state index contributed by atoms with van der Waals surface area (Å²) in [6.07, 6.45) is 2.95. The van der Waals surface area contributed by atoms with E-state index in [-0.39, 0.29) is 16.9 Å². The van der Waals surface area contributed by atoms with Crippen molar-refractivity contribution in [1.29, 1.82) is 0 Å². The fourth-order valence-corrected chi connectivity index (χ4v) is 2.43. The highest BCUT2D eigenvalue weighted by atomic mass is 35.5. The minimum Gasteiger partial charge on any atom is -0.489 e. The Kier molecular flexibility index (Phi) is 3.76. The Hall–Kier alpha value is -1.29.